The molecule has 0 spiro atoms. The molecule has 2 aromatic rings. The summed E-state index contributed by atoms with van der Waals surface area (Å²) >= 11 is 2.72. The molecule has 3 nitrogen and oxygen atoms in total. The Bertz CT molecular complexity index is 479. The quantitative estimate of drug-likeness (QED) is 0.792. The summed E-state index contributed by atoms with van der Waals surface area (Å²) in [7, 11) is -3.51. The molecule has 2 aromatic heterocycles. The van der Waals surface area contributed by atoms with Crippen LogP contribution in [0.2, 0.25) is 0 Å². The molecule has 2 rings (SSSR count). The lowest BCUT2D eigenvalue weighted by Crippen LogP contribution is -2.09. The minimum absolute atomic E-state index is 0.240. The van der Waals surface area contributed by atoms with Crippen LogP contribution in [-0.2, 0) is 10.0 Å². The molecule has 6 heteroatoms. The summed E-state index contributed by atoms with van der Waals surface area (Å²) in [5.41, 5.74) is 0. The highest BCUT2D eigenvalue weighted by molar-refractivity contribution is 7.91. The summed E-state index contributed by atoms with van der Waals surface area (Å²) in [5, 5.41) is 6.89. The van der Waals surface area contributed by atoms with E-state index in [1.54, 1.807) is 6.07 Å². The predicted octanol–water partition coefficient (Wildman–Crippen LogP) is 1.61. The van der Waals surface area contributed by atoms with Gasteiger partial charge < -0.3 is 0 Å². The molecule has 2 heterocycles. The van der Waals surface area contributed by atoms with Gasteiger partial charge in [0, 0.05) is 9.40 Å². The molecule has 0 bridgehead atoms. The van der Waals surface area contributed by atoms with Gasteiger partial charge in [-0.3, -0.25) is 0 Å². The number of primary sulfonamides is 1. The molecule has 0 aliphatic heterocycles. The summed E-state index contributed by atoms with van der Waals surface area (Å²) < 4.78 is 24.0. The third-order valence-electron chi connectivity index (χ3n) is 1.40. The second-order valence-electron chi connectivity index (χ2n) is 2.26. The summed E-state index contributed by atoms with van der Waals surface area (Å²) in [6, 6.07) is 3.50. The first-order chi connectivity index (χ1) is 5.57. The van der Waals surface area contributed by atoms with E-state index in [1.165, 1.54) is 22.7 Å². The van der Waals surface area contributed by atoms with Crippen molar-refractivity contribution in [3.63, 3.8) is 0 Å². The SMILES string of the molecule is NS(=O)(=O)c1cc2sccc2s1. The molecule has 0 fully saturated rings. The van der Waals surface area contributed by atoms with Crippen molar-refractivity contribution in [3.05, 3.63) is 17.5 Å². The van der Waals surface area contributed by atoms with E-state index in [1.807, 2.05) is 11.4 Å². The Balaban J connectivity index is 2.75. The number of rotatable bonds is 1. The second-order valence-corrected chi connectivity index (χ2v) is 6.08. The van der Waals surface area contributed by atoms with Gasteiger partial charge in [0.15, 0.2) is 0 Å². The molecule has 12 heavy (non-hydrogen) atoms. The first kappa shape index (κ1) is 8.18. The molecule has 0 amide bonds. The lowest BCUT2D eigenvalue weighted by atomic mass is 10.5. The van der Waals surface area contributed by atoms with Gasteiger partial charge in [0.1, 0.15) is 4.21 Å². The van der Waals surface area contributed by atoms with Crippen molar-refractivity contribution in [1.29, 1.82) is 0 Å². The lowest BCUT2D eigenvalue weighted by Gasteiger charge is -1.87. The number of nitrogens with two attached hydrogens (primary N) is 1. The molecule has 0 aromatic carbocycles. The van der Waals surface area contributed by atoms with Gasteiger partial charge in [-0.1, -0.05) is 0 Å². The zero-order valence-corrected chi connectivity index (χ0v) is 8.30. The summed E-state index contributed by atoms with van der Waals surface area (Å²) in [4.78, 5) is 0. The molecule has 0 aliphatic rings. The van der Waals surface area contributed by atoms with Crippen molar-refractivity contribution in [2.24, 2.45) is 5.14 Å². The first-order valence-corrected chi connectivity index (χ1v) is 6.31. The Kier molecular flexibility index (Phi) is 1.72. The highest BCUT2D eigenvalue weighted by Gasteiger charge is 2.12. The maximum atomic E-state index is 10.9. The van der Waals surface area contributed by atoms with Gasteiger partial charge in [0.05, 0.1) is 0 Å². The normalized spacial score (nSPS) is 12.4. The van der Waals surface area contributed by atoms with Crippen LogP contribution in [0.4, 0.5) is 0 Å². The molecule has 0 unspecified atom stereocenters. The molecule has 0 aliphatic carbocycles. The van der Waals surface area contributed by atoms with Gasteiger partial charge in [-0.15, -0.1) is 22.7 Å². The molecule has 0 radical (unpaired) electrons. The fraction of sp³-hybridized carbons (Fsp3) is 0. The van der Waals surface area contributed by atoms with E-state index >= 15 is 0 Å². The predicted molar refractivity (Wildman–Crippen MR) is 51.1 cm³/mol. The number of sulfonamides is 1. The van der Waals surface area contributed by atoms with Crippen molar-refractivity contribution in [3.8, 4) is 0 Å². The van der Waals surface area contributed by atoms with E-state index in [9.17, 15) is 8.42 Å². The minimum atomic E-state index is -3.51. The van der Waals surface area contributed by atoms with Crippen molar-refractivity contribution in [1.82, 2.24) is 0 Å². The topological polar surface area (TPSA) is 60.2 Å². The van der Waals surface area contributed by atoms with E-state index < -0.39 is 10.0 Å². The molecule has 0 saturated carbocycles. The number of hydrogen-bond acceptors (Lipinski definition) is 4. The van der Waals surface area contributed by atoms with Crippen LogP contribution < -0.4 is 5.14 Å². The van der Waals surface area contributed by atoms with Crippen molar-refractivity contribution >= 4 is 42.1 Å². The van der Waals surface area contributed by atoms with Gasteiger partial charge in [0.2, 0.25) is 10.0 Å². The summed E-state index contributed by atoms with van der Waals surface area (Å²) in [6.07, 6.45) is 0. The van der Waals surface area contributed by atoms with Crippen LogP contribution in [-0.4, -0.2) is 8.42 Å². The lowest BCUT2D eigenvalue weighted by molar-refractivity contribution is 0.600. The van der Waals surface area contributed by atoms with Crippen LogP contribution in [0, 0.1) is 0 Å². The molecule has 2 N–H and O–H groups in total. The smallest absolute Gasteiger partial charge is 0.224 e. The van der Waals surface area contributed by atoms with Crippen LogP contribution in [0.1, 0.15) is 0 Å². The van der Waals surface area contributed by atoms with Crippen LogP contribution in [0.15, 0.2) is 21.7 Å². The number of fused-ring (bicyclic) bond motifs is 1. The van der Waals surface area contributed by atoms with Gasteiger partial charge in [-0.05, 0) is 17.5 Å². The van der Waals surface area contributed by atoms with Crippen molar-refractivity contribution in [2.75, 3.05) is 0 Å². The first-order valence-electron chi connectivity index (χ1n) is 3.07. The zero-order valence-electron chi connectivity index (χ0n) is 5.85. The van der Waals surface area contributed by atoms with Crippen LogP contribution in [0.3, 0.4) is 0 Å². The average Bonchev–Trinajstić information content (AvgIpc) is 2.37. The highest BCUT2D eigenvalue weighted by atomic mass is 32.2. The van der Waals surface area contributed by atoms with Crippen LogP contribution >= 0.6 is 22.7 Å². The fourth-order valence-corrected chi connectivity index (χ4v) is 3.81. The van der Waals surface area contributed by atoms with Crippen molar-refractivity contribution in [2.45, 2.75) is 4.21 Å². The van der Waals surface area contributed by atoms with Crippen molar-refractivity contribution < 1.29 is 8.42 Å². The molecular formula is C6H5NO2S3. The van der Waals surface area contributed by atoms with E-state index in [0.717, 1.165) is 9.40 Å². The largest absolute Gasteiger partial charge is 0.247 e. The van der Waals surface area contributed by atoms with Gasteiger partial charge in [-0.25, -0.2) is 13.6 Å². The Morgan fingerprint density at radius 1 is 1.33 bits per heavy atom. The Morgan fingerprint density at radius 2 is 2.08 bits per heavy atom. The van der Waals surface area contributed by atoms with E-state index in [4.69, 9.17) is 5.14 Å². The van der Waals surface area contributed by atoms with Crippen LogP contribution in [0.5, 0.6) is 0 Å². The fourth-order valence-electron chi connectivity index (χ4n) is 0.884. The Hall–Kier alpha value is -0.430. The third kappa shape index (κ3) is 1.27. The van der Waals surface area contributed by atoms with E-state index in [0.29, 0.717) is 0 Å². The Morgan fingerprint density at radius 3 is 2.67 bits per heavy atom. The van der Waals surface area contributed by atoms with E-state index in [2.05, 4.69) is 0 Å². The molecule has 0 atom stereocenters. The maximum absolute atomic E-state index is 10.9. The molecule has 64 valence electrons. The molecular weight excluding hydrogens is 214 g/mol. The second kappa shape index (κ2) is 2.53. The van der Waals surface area contributed by atoms with Crippen LogP contribution in [0.25, 0.3) is 9.40 Å². The summed E-state index contributed by atoms with van der Waals surface area (Å²) in [5.74, 6) is 0. The zero-order chi connectivity index (χ0) is 8.77. The minimum Gasteiger partial charge on any atom is -0.224 e. The van der Waals surface area contributed by atoms with Gasteiger partial charge in [0.25, 0.3) is 0 Å². The average molecular weight is 219 g/mol. The van der Waals surface area contributed by atoms with E-state index in [-0.39, 0.29) is 4.21 Å². The standard InChI is InChI=1S/C6H5NO2S3/c7-12(8,9)6-3-5-4(11-6)1-2-10-5/h1-3H,(H2,7,8,9). The third-order valence-corrected chi connectivity index (χ3v) is 4.91. The van der Waals surface area contributed by atoms with Gasteiger partial charge >= 0.3 is 0 Å². The monoisotopic (exact) mass is 219 g/mol. The number of thiophene rings is 2. The van der Waals surface area contributed by atoms with Gasteiger partial charge in [-0.2, -0.15) is 0 Å². The Labute approximate surface area is 77.5 Å². The summed E-state index contributed by atoms with van der Waals surface area (Å²) in [6.45, 7) is 0. The highest BCUT2D eigenvalue weighted by Crippen LogP contribution is 2.31. The maximum Gasteiger partial charge on any atom is 0.247 e. The molecule has 0 saturated heterocycles. The number of hydrogen-bond donors (Lipinski definition) is 1.